The van der Waals surface area contributed by atoms with Crippen molar-refractivity contribution in [2.45, 2.75) is 37.0 Å². The normalized spacial score (nSPS) is 22.5. The van der Waals surface area contributed by atoms with Crippen molar-refractivity contribution in [1.82, 2.24) is 5.32 Å². The van der Waals surface area contributed by atoms with Gasteiger partial charge in [0.2, 0.25) is 5.91 Å². The number of carbonyl (C=O) groups is 1. The molecule has 0 unspecified atom stereocenters. The largest absolute Gasteiger partial charge is 0.325 e. The van der Waals surface area contributed by atoms with Gasteiger partial charge >= 0.3 is 0 Å². The zero-order valence-electron chi connectivity index (χ0n) is 11.7. The van der Waals surface area contributed by atoms with E-state index in [4.69, 9.17) is 0 Å². The molecule has 0 spiro atoms. The van der Waals surface area contributed by atoms with Gasteiger partial charge in [-0.3, -0.25) is 4.79 Å². The SMILES string of the molecule is CSC1CCC(NCC(=O)Nc2cccc(Br)c2)CC1. The Labute approximate surface area is 133 Å². The van der Waals surface area contributed by atoms with Gasteiger partial charge in [0.1, 0.15) is 0 Å². The lowest BCUT2D eigenvalue weighted by Crippen LogP contribution is -2.38. The number of carbonyl (C=O) groups excluding carboxylic acids is 1. The Kier molecular flexibility index (Phi) is 6.39. The standard InChI is InChI=1S/C15H21BrN2OS/c1-20-14-7-5-12(6-8-14)17-10-15(19)18-13-4-2-3-11(16)9-13/h2-4,9,12,14,17H,5-8,10H2,1H3,(H,18,19). The Balaban J connectivity index is 1.70. The highest BCUT2D eigenvalue weighted by Gasteiger charge is 2.20. The van der Waals surface area contributed by atoms with Gasteiger partial charge in [-0.25, -0.2) is 0 Å². The maximum absolute atomic E-state index is 11.9. The van der Waals surface area contributed by atoms with Gasteiger partial charge < -0.3 is 10.6 Å². The fraction of sp³-hybridized carbons (Fsp3) is 0.533. The van der Waals surface area contributed by atoms with E-state index in [-0.39, 0.29) is 5.91 Å². The highest BCUT2D eigenvalue weighted by Crippen LogP contribution is 2.26. The van der Waals surface area contributed by atoms with Gasteiger partial charge in [-0.2, -0.15) is 11.8 Å². The predicted octanol–water partition coefficient (Wildman–Crippen LogP) is 3.65. The summed E-state index contributed by atoms with van der Waals surface area (Å²) in [5.74, 6) is 0.0232. The van der Waals surface area contributed by atoms with Crippen molar-refractivity contribution >= 4 is 39.3 Å². The summed E-state index contributed by atoms with van der Waals surface area (Å²) >= 11 is 5.36. The van der Waals surface area contributed by atoms with E-state index >= 15 is 0 Å². The molecule has 0 saturated heterocycles. The molecule has 0 bridgehead atoms. The molecule has 1 saturated carbocycles. The molecule has 0 radical (unpaired) electrons. The van der Waals surface area contributed by atoms with E-state index in [1.165, 1.54) is 25.7 Å². The summed E-state index contributed by atoms with van der Waals surface area (Å²) in [6, 6.07) is 8.15. The summed E-state index contributed by atoms with van der Waals surface area (Å²) in [7, 11) is 0. The molecule has 2 N–H and O–H groups in total. The van der Waals surface area contributed by atoms with Crippen LogP contribution < -0.4 is 10.6 Å². The van der Waals surface area contributed by atoms with Gasteiger partial charge in [0.25, 0.3) is 0 Å². The third kappa shape index (κ3) is 5.11. The van der Waals surface area contributed by atoms with Crippen molar-refractivity contribution in [2.24, 2.45) is 0 Å². The number of benzene rings is 1. The molecule has 1 aliphatic rings. The van der Waals surface area contributed by atoms with Crippen LogP contribution in [0.2, 0.25) is 0 Å². The van der Waals surface area contributed by atoms with Gasteiger partial charge in [-0.05, 0) is 50.1 Å². The highest BCUT2D eigenvalue weighted by atomic mass is 79.9. The molecule has 110 valence electrons. The molecular formula is C15H21BrN2OS. The van der Waals surface area contributed by atoms with Crippen LogP contribution in [0.4, 0.5) is 5.69 Å². The van der Waals surface area contributed by atoms with E-state index in [1.54, 1.807) is 0 Å². The van der Waals surface area contributed by atoms with Gasteiger partial charge in [-0.1, -0.05) is 22.0 Å². The monoisotopic (exact) mass is 356 g/mol. The second-order valence-corrected chi connectivity index (χ2v) is 7.20. The molecule has 1 aromatic rings. The minimum atomic E-state index is 0.0232. The van der Waals surface area contributed by atoms with Crippen molar-refractivity contribution in [3.63, 3.8) is 0 Å². The molecule has 0 aliphatic heterocycles. The first-order valence-corrected chi connectivity index (χ1v) is 9.07. The Hall–Kier alpha value is -0.520. The van der Waals surface area contributed by atoms with Crippen LogP contribution >= 0.6 is 27.7 Å². The zero-order chi connectivity index (χ0) is 14.4. The summed E-state index contributed by atoms with van der Waals surface area (Å²) in [5, 5.41) is 7.08. The maximum Gasteiger partial charge on any atom is 0.238 e. The summed E-state index contributed by atoms with van der Waals surface area (Å²) in [6.07, 6.45) is 7.05. The van der Waals surface area contributed by atoms with Gasteiger partial charge in [0.05, 0.1) is 6.54 Å². The molecule has 5 heteroatoms. The number of thioether (sulfide) groups is 1. The van der Waals surface area contributed by atoms with Crippen LogP contribution in [0, 0.1) is 0 Å². The van der Waals surface area contributed by atoms with Gasteiger partial charge in [0.15, 0.2) is 0 Å². The first kappa shape index (κ1) is 15.9. The molecule has 1 aromatic carbocycles. The maximum atomic E-state index is 11.9. The van der Waals surface area contributed by atoms with Crippen LogP contribution in [-0.4, -0.2) is 30.0 Å². The third-order valence-corrected chi connectivity index (χ3v) is 5.30. The third-order valence-electron chi connectivity index (χ3n) is 3.67. The van der Waals surface area contributed by atoms with E-state index in [0.717, 1.165) is 15.4 Å². The molecule has 2 rings (SSSR count). The minimum absolute atomic E-state index is 0.0232. The molecule has 1 aliphatic carbocycles. The second kappa shape index (κ2) is 8.05. The van der Waals surface area contributed by atoms with Crippen molar-refractivity contribution in [2.75, 3.05) is 18.1 Å². The first-order chi connectivity index (χ1) is 9.67. The average Bonchev–Trinajstić information content (AvgIpc) is 2.46. The lowest BCUT2D eigenvalue weighted by Gasteiger charge is -2.27. The van der Waals surface area contributed by atoms with E-state index in [1.807, 2.05) is 36.0 Å². The lowest BCUT2D eigenvalue weighted by molar-refractivity contribution is -0.115. The van der Waals surface area contributed by atoms with Crippen LogP contribution in [0.5, 0.6) is 0 Å². The van der Waals surface area contributed by atoms with Crippen molar-refractivity contribution in [3.8, 4) is 0 Å². The Bertz CT molecular complexity index is 447. The Morgan fingerprint density at radius 1 is 1.35 bits per heavy atom. The summed E-state index contributed by atoms with van der Waals surface area (Å²) in [5.41, 5.74) is 0.831. The number of hydrogen-bond donors (Lipinski definition) is 2. The van der Waals surface area contributed by atoms with E-state index in [2.05, 4.69) is 32.8 Å². The van der Waals surface area contributed by atoms with Crippen LogP contribution in [0.15, 0.2) is 28.7 Å². The highest BCUT2D eigenvalue weighted by molar-refractivity contribution is 9.10. The Morgan fingerprint density at radius 3 is 2.75 bits per heavy atom. The number of hydrogen-bond acceptors (Lipinski definition) is 3. The topological polar surface area (TPSA) is 41.1 Å². The van der Waals surface area contributed by atoms with Crippen molar-refractivity contribution < 1.29 is 4.79 Å². The molecule has 20 heavy (non-hydrogen) atoms. The number of rotatable bonds is 5. The van der Waals surface area contributed by atoms with E-state index < -0.39 is 0 Å². The zero-order valence-corrected chi connectivity index (χ0v) is 14.1. The average molecular weight is 357 g/mol. The predicted molar refractivity (Wildman–Crippen MR) is 90.3 cm³/mol. The van der Waals surface area contributed by atoms with Crippen LogP contribution in [-0.2, 0) is 4.79 Å². The van der Waals surface area contributed by atoms with E-state index in [0.29, 0.717) is 12.6 Å². The fourth-order valence-electron chi connectivity index (χ4n) is 2.51. The molecule has 0 heterocycles. The summed E-state index contributed by atoms with van der Waals surface area (Å²) in [4.78, 5) is 11.9. The Morgan fingerprint density at radius 2 is 2.10 bits per heavy atom. The number of amides is 1. The van der Waals surface area contributed by atoms with Crippen molar-refractivity contribution in [1.29, 1.82) is 0 Å². The molecule has 0 atom stereocenters. The number of anilines is 1. The molecule has 3 nitrogen and oxygen atoms in total. The van der Waals surface area contributed by atoms with Gasteiger partial charge in [0, 0.05) is 21.5 Å². The van der Waals surface area contributed by atoms with E-state index in [9.17, 15) is 4.79 Å². The van der Waals surface area contributed by atoms with Crippen LogP contribution in [0.25, 0.3) is 0 Å². The lowest BCUT2D eigenvalue weighted by atomic mass is 9.95. The molecule has 1 fully saturated rings. The summed E-state index contributed by atoms with van der Waals surface area (Å²) < 4.78 is 0.971. The summed E-state index contributed by atoms with van der Waals surface area (Å²) in [6.45, 7) is 0.390. The minimum Gasteiger partial charge on any atom is -0.325 e. The second-order valence-electron chi connectivity index (χ2n) is 5.15. The molecule has 0 aromatic heterocycles. The molecule has 1 amide bonds. The van der Waals surface area contributed by atoms with Crippen LogP contribution in [0.3, 0.4) is 0 Å². The van der Waals surface area contributed by atoms with Crippen LogP contribution in [0.1, 0.15) is 25.7 Å². The quantitative estimate of drug-likeness (QED) is 0.845. The number of nitrogens with one attached hydrogen (secondary N) is 2. The molecular weight excluding hydrogens is 336 g/mol. The van der Waals surface area contributed by atoms with Crippen molar-refractivity contribution in [3.05, 3.63) is 28.7 Å². The number of halogens is 1. The fourth-order valence-corrected chi connectivity index (χ4v) is 3.65. The first-order valence-electron chi connectivity index (χ1n) is 6.99. The van der Waals surface area contributed by atoms with Gasteiger partial charge in [-0.15, -0.1) is 0 Å². The smallest absolute Gasteiger partial charge is 0.238 e.